The fourth-order valence-electron chi connectivity index (χ4n) is 4.33. The molecule has 0 amide bonds. The van der Waals surface area contributed by atoms with Crippen molar-refractivity contribution >= 4 is 0 Å². The molecule has 2 fully saturated rings. The Morgan fingerprint density at radius 1 is 1.15 bits per heavy atom. The second kappa shape index (κ2) is 8.25. The van der Waals surface area contributed by atoms with E-state index in [4.69, 9.17) is 9.47 Å². The molecule has 0 radical (unpaired) electrons. The Bertz CT molecular complexity index is 682. The molecule has 2 aliphatic rings. The summed E-state index contributed by atoms with van der Waals surface area (Å²) in [6.45, 7) is 5.34. The number of rotatable bonds is 6. The maximum absolute atomic E-state index is 6.16. The molecule has 5 nitrogen and oxygen atoms in total. The zero-order chi connectivity index (χ0) is 17.7. The summed E-state index contributed by atoms with van der Waals surface area (Å²) in [7, 11) is 0. The second-order valence-corrected chi connectivity index (χ2v) is 7.53. The molecule has 4 heterocycles. The maximum Gasteiger partial charge on any atom is 0.0732 e. The second-order valence-electron chi connectivity index (χ2n) is 7.53. The Morgan fingerprint density at radius 3 is 2.92 bits per heavy atom. The van der Waals surface area contributed by atoms with Crippen molar-refractivity contribution in [1.29, 1.82) is 0 Å². The lowest BCUT2D eigenvalue weighted by molar-refractivity contribution is -0.155. The molecule has 4 rings (SSSR count). The van der Waals surface area contributed by atoms with Crippen LogP contribution in [0, 0.1) is 5.41 Å². The van der Waals surface area contributed by atoms with Crippen molar-refractivity contribution in [3.63, 3.8) is 0 Å². The van der Waals surface area contributed by atoms with Crippen LogP contribution >= 0.6 is 0 Å². The van der Waals surface area contributed by atoms with E-state index in [9.17, 15) is 0 Å². The number of nitrogens with zero attached hydrogens (tertiary/aromatic N) is 3. The van der Waals surface area contributed by atoms with Gasteiger partial charge in [0.2, 0.25) is 0 Å². The van der Waals surface area contributed by atoms with Crippen LogP contribution in [0.2, 0.25) is 0 Å². The first kappa shape index (κ1) is 17.6. The molecule has 2 atom stereocenters. The first-order valence-corrected chi connectivity index (χ1v) is 9.54. The summed E-state index contributed by atoms with van der Waals surface area (Å²) in [6, 6.07) is 8.24. The van der Waals surface area contributed by atoms with Gasteiger partial charge in [-0.25, -0.2) is 0 Å². The first-order chi connectivity index (χ1) is 12.8. The van der Waals surface area contributed by atoms with Gasteiger partial charge in [-0.2, -0.15) is 0 Å². The molecule has 0 saturated carbocycles. The summed E-state index contributed by atoms with van der Waals surface area (Å²) in [5, 5.41) is 0. The molecule has 138 valence electrons. The van der Waals surface area contributed by atoms with E-state index in [0.29, 0.717) is 12.7 Å². The van der Waals surface area contributed by atoms with Crippen molar-refractivity contribution in [2.75, 3.05) is 26.3 Å². The maximum atomic E-state index is 6.16. The van der Waals surface area contributed by atoms with Crippen LogP contribution in [0.5, 0.6) is 0 Å². The highest BCUT2D eigenvalue weighted by Gasteiger charge is 2.46. The van der Waals surface area contributed by atoms with Gasteiger partial charge in [0.05, 0.1) is 19.3 Å². The molecule has 0 spiro atoms. The average molecular weight is 353 g/mol. The van der Waals surface area contributed by atoms with Crippen molar-refractivity contribution in [1.82, 2.24) is 14.9 Å². The van der Waals surface area contributed by atoms with Crippen LogP contribution in [0.25, 0.3) is 0 Å². The van der Waals surface area contributed by atoms with Crippen LogP contribution in [-0.2, 0) is 22.6 Å². The summed E-state index contributed by atoms with van der Waals surface area (Å²) >= 11 is 0. The van der Waals surface area contributed by atoms with Gasteiger partial charge >= 0.3 is 0 Å². The zero-order valence-electron chi connectivity index (χ0n) is 15.2. The largest absolute Gasteiger partial charge is 0.377 e. The van der Waals surface area contributed by atoms with Gasteiger partial charge in [0.25, 0.3) is 0 Å². The van der Waals surface area contributed by atoms with E-state index in [-0.39, 0.29) is 5.41 Å². The molecule has 0 aliphatic carbocycles. The molecule has 0 unspecified atom stereocenters. The molecular formula is C21H27N3O2. The van der Waals surface area contributed by atoms with Gasteiger partial charge in [-0.05, 0) is 48.6 Å². The van der Waals surface area contributed by atoms with Gasteiger partial charge in [-0.3, -0.25) is 14.9 Å². The molecule has 2 aromatic heterocycles. The van der Waals surface area contributed by atoms with Crippen molar-refractivity contribution < 1.29 is 9.47 Å². The van der Waals surface area contributed by atoms with Crippen LogP contribution in [-0.4, -0.2) is 47.3 Å². The number of likely N-dealkylation sites (tertiary alicyclic amines) is 1. The number of piperidine rings is 1. The Morgan fingerprint density at radius 2 is 2.08 bits per heavy atom. The fraction of sp³-hybridized carbons (Fsp3) is 0.524. The van der Waals surface area contributed by atoms with Crippen LogP contribution < -0.4 is 0 Å². The number of hydrogen-bond acceptors (Lipinski definition) is 5. The van der Waals surface area contributed by atoms with Crippen LogP contribution in [0.4, 0.5) is 0 Å². The van der Waals surface area contributed by atoms with Gasteiger partial charge in [0, 0.05) is 56.4 Å². The van der Waals surface area contributed by atoms with Gasteiger partial charge in [-0.15, -0.1) is 0 Å². The lowest BCUT2D eigenvalue weighted by atomic mass is 9.73. The third-order valence-corrected chi connectivity index (χ3v) is 5.60. The quantitative estimate of drug-likeness (QED) is 0.799. The number of fused-ring (bicyclic) bond motifs is 1. The summed E-state index contributed by atoms with van der Waals surface area (Å²) in [5.41, 5.74) is 2.55. The van der Waals surface area contributed by atoms with Crippen LogP contribution in [0.15, 0.2) is 49.1 Å². The third-order valence-electron chi connectivity index (χ3n) is 5.60. The minimum atomic E-state index is 0.103. The summed E-state index contributed by atoms with van der Waals surface area (Å²) in [6.07, 6.45) is 11.1. The van der Waals surface area contributed by atoms with Crippen molar-refractivity contribution in [3.05, 3.63) is 60.2 Å². The standard InChI is InChI=1S/C21H27N3O2/c1-3-19(13-23-8-1)15-25-17-21-7-2-12-26-20(21)6-11-24(16-21)14-18-4-9-22-10-5-18/h1,3-5,8-10,13,20H,2,6-7,11-12,14-17H2/t20-,21+/m1/s1. The Labute approximate surface area is 155 Å². The molecule has 2 saturated heterocycles. The lowest BCUT2D eigenvalue weighted by Crippen LogP contribution is -2.56. The number of hydrogen-bond donors (Lipinski definition) is 0. The molecule has 5 heteroatoms. The van der Waals surface area contributed by atoms with Gasteiger partial charge in [0.15, 0.2) is 0 Å². The summed E-state index contributed by atoms with van der Waals surface area (Å²) in [5.74, 6) is 0. The highest BCUT2D eigenvalue weighted by atomic mass is 16.5. The predicted octanol–water partition coefficient (Wildman–Crippen LogP) is 3.06. The molecule has 0 bridgehead atoms. The van der Waals surface area contributed by atoms with Crippen molar-refractivity contribution in [2.24, 2.45) is 5.41 Å². The Hall–Kier alpha value is -1.82. The van der Waals surface area contributed by atoms with E-state index in [1.807, 2.05) is 24.7 Å². The van der Waals surface area contributed by atoms with Crippen LogP contribution in [0.1, 0.15) is 30.4 Å². The average Bonchev–Trinajstić information content (AvgIpc) is 2.69. The van der Waals surface area contributed by atoms with E-state index >= 15 is 0 Å². The van der Waals surface area contributed by atoms with Gasteiger partial charge in [-0.1, -0.05) is 6.07 Å². The Balaban J connectivity index is 1.41. The third kappa shape index (κ3) is 4.11. The number of pyridine rings is 2. The first-order valence-electron chi connectivity index (χ1n) is 9.54. The summed E-state index contributed by atoms with van der Waals surface area (Å²) < 4.78 is 12.3. The zero-order valence-corrected chi connectivity index (χ0v) is 15.2. The number of ether oxygens (including phenoxy) is 2. The monoisotopic (exact) mass is 353 g/mol. The molecule has 2 aromatic rings. The molecule has 0 N–H and O–H groups in total. The normalized spacial score (nSPS) is 26.4. The molecule has 2 aliphatic heterocycles. The van der Waals surface area contributed by atoms with Crippen LogP contribution in [0.3, 0.4) is 0 Å². The van der Waals surface area contributed by atoms with E-state index in [1.165, 1.54) is 12.0 Å². The fourth-order valence-corrected chi connectivity index (χ4v) is 4.33. The summed E-state index contributed by atoms with van der Waals surface area (Å²) in [4.78, 5) is 10.8. The van der Waals surface area contributed by atoms with Gasteiger partial charge < -0.3 is 9.47 Å². The van der Waals surface area contributed by atoms with E-state index in [1.54, 1.807) is 6.20 Å². The highest BCUT2D eigenvalue weighted by molar-refractivity contribution is 5.10. The Kier molecular flexibility index (Phi) is 5.58. The number of aromatic nitrogens is 2. The van der Waals surface area contributed by atoms with E-state index in [0.717, 1.165) is 51.3 Å². The SMILES string of the molecule is c1cncc(COC[C@@]23CCCO[C@@H]2CCN(Cc2ccncc2)C3)c1. The topological polar surface area (TPSA) is 47.5 Å². The van der Waals surface area contributed by atoms with Gasteiger partial charge in [0.1, 0.15) is 0 Å². The molecular weight excluding hydrogens is 326 g/mol. The van der Waals surface area contributed by atoms with E-state index < -0.39 is 0 Å². The van der Waals surface area contributed by atoms with Crippen molar-refractivity contribution in [2.45, 2.75) is 38.5 Å². The smallest absolute Gasteiger partial charge is 0.0732 e. The predicted molar refractivity (Wildman–Crippen MR) is 99.4 cm³/mol. The molecule has 0 aromatic carbocycles. The highest BCUT2D eigenvalue weighted by Crippen LogP contribution is 2.41. The lowest BCUT2D eigenvalue weighted by Gasteiger charge is -2.50. The van der Waals surface area contributed by atoms with E-state index in [2.05, 4.69) is 33.1 Å². The molecule has 26 heavy (non-hydrogen) atoms. The van der Waals surface area contributed by atoms with Crippen molar-refractivity contribution in [3.8, 4) is 0 Å². The minimum absolute atomic E-state index is 0.103. The minimum Gasteiger partial charge on any atom is -0.377 e.